The molecule has 0 aromatic carbocycles. The SMILES string of the molecule is COCCCNC(=O)C(C)Nc1nc(C)nc2sc(C)c(C)c12. The predicted molar refractivity (Wildman–Crippen MR) is 94.2 cm³/mol. The van der Waals surface area contributed by atoms with Crippen molar-refractivity contribution in [1.29, 1.82) is 0 Å². The molecule has 0 spiro atoms. The maximum Gasteiger partial charge on any atom is 0.242 e. The number of nitrogens with zero attached hydrogens (tertiary/aromatic N) is 2. The average Bonchev–Trinajstić information content (AvgIpc) is 2.78. The van der Waals surface area contributed by atoms with Gasteiger partial charge in [0.1, 0.15) is 22.5 Å². The van der Waals surface area contributed by atoms with Crippen LogP contribution in [0.4, 0.5) is 5.82 Å². The minimum Gasteiger partial charge on any atom is -0.385 e. The summed E-state index contributed by atoms with van der Waals surface area (Å²) in [6, 6.07) is -0.366. The summed E-state index contributed by atoms with van der Waals surface area (Å²) in [5, 5.41) is 7.14. The molecule has 2 aromatic heterocycles. The van der Waals surface area contributed by atoms with Crippen molar-refractivity contribution >= 4 is 33.3 Å². The van der Waals surface area contributed by atoms with Gasteiger partial charge in [-0.1, -0.05) is 0 Å². The lowest BCUT2D eigenvalue weighted by molar-refractivity contribution is -0.121. The molecule has 0 fully saturated rings. The molecule has 6 nitrogen and oxygen atoms in total. The zero-order valence-corrected chi connectivity index (χ0v) is 15.1. The fourth-order valence-electron chi connectivity index (χ4n) is 2.31. The molecule has 0 bridgehead atoms. The second-order valence-corrected chi connectivity index (χ2v) is 6.79. The van der Waals surface area contributed by atoms with Gasteiger partial charge in [-0.15, -0.1) is 11.3 Å². The highest BCUT2D eigenvalue weighted by Gasteiger charge is 2.18. The Bertz CT molecular complexity index is 699. The number of carbonyl (C=O) groups is 1. The van der Waals surface area contributed by atoms with Gasteiger partial charge in [-0.25, -0.2) is 9.97 Å². The van der Waals surface area contributed by atoms with E-state index in [4.69, 9.17) is 4.74 Å². The van der Waals surface area contributed by atoms with Crippen molar-refractivity contribution in [1.82, 2.24) is 15.3 Å². The molecule has 1 unspecified atom stereocenters. The lowest BCUT2D eigenvalue weighted by Crippen LogP contribution is -2.38. The standard InChI is InChI=1S/C16H24N4O2S/c1-9-11(3)23-16-13(9)14(19-12(4)20-16)18-10(2)15(21)17-7-6-8-22-5/h10H,6-8H2,1-5H3,(H,17,21)(H,18,19,20). The normalized spacial score (nSPS) is 12.4. The molecule has 2 heterocycles. The van der Waals surface area contributed by atoms with Crippen LogP contribution in [-0.2, 0) is 9.53 Å². The number of nitrogens with one attached hydrogen (secondary N) is 2. The number of amides is 1. The van der Waals surface area contributed by atoms with Crippen LogP contribution < -0.4 is 10.6 Å². The Balaban J connectivity index is 2.13. The Hall–Kier alpha value is -1.73. The molecule has 2 rings (SSSR count). The van der Waals surface area contributed by atoms with Gasteiger partial charge in [-0.3, -0.25) is 4.79 Å². The van der Waals surface area contributed by atoms with Crippen molar-refractivity contribution in [3.05, 3.63) is 16.3 Å². The third kappa shape index (κ3) is 4.17. The molecule has 7 heteroatoms. The number of thiophene rings is 1. The van der Waals surface area contributed by atoms with Crippen LogP contribution in [0.2, 0.25) is 0 Å². The Labute approximate surface area is 140 Å². The Morgan fingerprint density at radius 3 is 2.74 bits per heavy atom. The van der Waals surface area contributed by atoms with Crippen molar-refractivity contribution in [2.45, 2.75) is 40.2 Å². The van der Waals surface area contributed by atoms with Crippen molar-refractivity contribution < 1.29 is 9.53 Å². The van der Waals surface area contributed by atoms with E-state index in [1.807, 2.05) is 13.8 Å². The second-order valence-electron chi connectivity index (χ2n) is 5.59. The summed E-state index contributed by atoms with van der Waals surface area (Å²) in [5.41, 5.74) is 1.17. The first-order valence-electron chi connectivity index (χ1n) is 7.71. The fourth-order valence-corrected chi connectivity index (χ4v) is 3.39. The number of ether oxygens (including phenoxy) is 1. The van der Waals surface area contributed by atoms with Gasteiger partial charge in [0.25, 0.3) is 0 Å². The first-order chi connectivity index (χ1) is 10.9. The zero-order chi connectivity index (χ0) is 17.0. The summed E-state index contributed by atoms with van der Waals surface area (Å²) >= 11 is 1.66. The Morgan fingerprint density at radius 2 is 2.04 bits per heavy atom. The lowest BCUT2D eigenvalue weighted by atomic mass is 10.2. The summed E-state index contributed by atoms with van der Waals surface area (Å²) in [4.78, 5) is 23.3. The molecule has 2 aromatic rings. The van der Waals surface area contributed by atoms with Crippen LogP contribution in [0.15, 0.2) is 0 Å². The van der Waals surface area contributed by atoms with Crippen molar-refractivity contribution in [3.8, 4) is 0 Å². The minimum absolute atomic E-state index is 0.0462. The third-order valence-corrected chi connectivity index (χ3v) is 4.81. The van der Waals surface area contributed by atoms with Crippen LogP contribution in [0.5, 0.6) is 0 Å². The lowest BCUT2D eigenvalue weighted by Gasteiger charge is -2.16. The quantitative estimate of drug-likeness (QED) is 0.760. The number of methoxy groups -OCH3 is 1. The highest BCUT2D eigenvalue weighted by molar-refractivity contribution is 7.18. The summed E-state index contributed by atoms with van der Waals surface area (Å²) in [7, 11) is 1.65. The van der Waals surface area contributed by atoms with E-state index in [0.29, 0.717) is 19.0 Å². The van der Waals surface area contributed by atoms with Gasteiger partial charge in [-0.2, -0.15) is 0 Å². The van der Waals surface area contributed by atoms with E-state index in [1.54, 1.807) is 18.4 Å². The first-order valence-corrected chi connectivity index (χ1v) is 8.53. The molecule has 0 radical (unpaired) electrons. The number of fused-ring (bicyclic) bond motifs is 1. The van der Waals surface area contributed by atoms with E-state index < -0.39 is 0 Å². The predicted octanol–water partition coefficient (Wildman–Crippen LogP) is 2.57. The van der Waals surface area contributed by atoms with E-state index in [1.165, 1.54) is 10.4 Å². The maximum atomic E-state index is 12.2. The highest BCUT2D eigenvalue weighted by Crippen LogP contribution is 2.33. The molecule has 1 atom stereocenters. The number of hydrogen-bond acceptors (Lipinski definition) is 6. The summed E-state index contributed by atoms with van der Waals surface area (Å²) < 4.78 is 4.97. The molecule has 0 aliphatic rings. The average molecular weight is 336 g/mol. The van der Waals surface area contributed by atoms with E-state index in [-0.39, 0.29) is 11.9 Å². The van der Waals surface area contributed by atoms with Gasteiger partial charge in [0, 0.05) is 25.1 Å². The van der Waals surface area contributed by atoms with Crippen molar-refractivity contribution in [2.75, 3.05) is 25.6 Å². The van der Waals surface area contributed by atoms with E-state index in [2.05, 4.69) is 34.4 Å². The molecule has 126 valence electrons. The summed E-state index contributed by atoms with van der Waals surface area (Å²) in [6.07, 6.45) is 0.800. The molecule has 23 heavy (non-hydrogen) atoms. The van der Waals surface area contributed by atoms with Gasteiger partial charge in [0.05, 0.1) is 5.39 Å². The molecule has 2 N–H and O–H groups in total. The van der Waals surface area contributed by atoms with Gasteiger partial charge in [0.2, 0.25) is 5.91 Å². The van der Waals surface area contributed by atoms with Crippen LogP contribution in [0.3, 0.4) is 0 Å². The smallest absolute Gasteiger partial charge is 0.242 e. The molecular weight excluding hydrogens is 312 g/mol. The van der Waals surface area contributed by atoms with Crippen LogP contribution in [0, 0.1) is 20.8 Å². The largest absolute Gasteiger partial charge is 0.385 e. The fraction of sp³-hybridized carbons (Fsp3) is 0.562. The number of rotatable bonds is 7. The van der Waals surface area contributed by atoms with Crippen LogP contribution in [0.1, 0.15) is 29.6 Å². The molecule has 0 aliphatic carbocycles. The minimum atomic E-state index is -0.366. The van der Waals surface area contributed by atoms with Gasteiger partial charge >= 0.3 is 0 Å². The van der Waals surface area contributed by atoms with Crippen molar-refractivity contribution in [2.24, 2.45) is 0 Å². The number of aromatic nitrogens is 2. The number of hydrogen-bond donors (Lipinski definition) is 2. The van der Waals surface area contributed by atoms with Gasteiger partial charge in [-0.05, 0) is 39.7 Å². The van der Waals surface area contributed by atoms with Crippen molar-refractivity contribution in [3.63, 3.8) is 0 Å². The maximum absolute atomic E-state index is 12.2. The summed E-state index contributed by atoms with van der Waals surface area (Å²) in [6.45, 7) is 9.09. The Kier molecular flexibility index (Phi) is 5.90. The molecule has 0 saturated heterocycles. The second kappa shape index (κ2) is 7.70. The van der Waals surface area contributed by atoms with Gasteiger partial charge < -0.3 is 15.4 Å². The zero-order valence-electron chi connectivity index (χ0n) is 14.3. The molecule has 1 amide bonds. The Morgan fingerprint density at radius 1 is 1.30 bits per heavy atom. The number of aryl methyl sites for hydroxylation is 3. The van der Waals surface area contributed by atoms with Crippen LogP contribution in [0.25, 0.3) is 10.2 Å². The monoisotopic (exact) mass is 336 g/mol. The number of carbonyl (C=O) groups excluding carboxylic acids is 1. The molecule has 0 aliphatic heterocycles. The van der Waals surface area contributed by atoms with E-state index >= 15 is 0 Å². The third-order valence-electron chi connectivity index (χ3n) is 3.71. The van der Waals surface area contributed by atoms with Crippen LogP contribution >= 0.6 is 11.3 Å². The van der Waals surface area contributed by atoms with E-state index in [9.17, 15) is 4.79 Å². The highest BCUT2D eigenvalue weighted by atomic mass is 32.1. The molecular formula is C16H24N4O2S. The first kappa shape index (κ1) is 17.6. The molecule has 0 saturated carbocycles. The van der Waals surface area contributed by atoms with Crippen LogP contribution in [-0.4, -0.2) is 42.2 Å². The topological polar surface area (TPSA) is 76.1 Å². The van der Waals surface area contributed by atoms with Gasteiger partial charge in [0.15, 0.2) is 0 Å². The summed E-state index contributed by atoms with van der Waals surface area (Å²) in [5.74, 6) is 1.39. The number of anilines is 1. The van der Waals surface area contributed by atoms with E-state index in [0.717, 1.165) is 22.5 Å².